The fraction of sp³-hybridized carbons (Fsp3) is 0.167. The van der Waals surface area contributed by atoms with Crippen LogP contribution in [0.4, 0.5) is 0 Å². The lowest BCUT2D eigenvalue weighted by atomic mass is 9.95. The minimum absolute atomic E-state index is 0.106. The number of hydrogen-bond acceptors (Lipinski definition) is 3. The van der Waals surface area contributed by atoms with Crippen LogP contribution in [0.1, 0.15) is 21.5 Å². The summed E-state index contributed by atoms with van der Waals surface area (Å²) in [5, 5.41) is 3.86. The Morgan fingerprint density at radius 2 is 1.78 bits per heavy atom. The molecule has 0 bridgehead atoms. The van der Waals surface area contributed by atoms with E-state index in [9.17, 15) is 9.59 Å². The molecule has 1 aliphatic heterocycles. The lowest BCUT2D eigenvalue weighted by Crippen LogP contribution is -2.45. The summed E-state index contributed by atoms with van der Waals surface area (Å²) in [7, 11) is 0. The van der Waals surface area contributed by atoms with E-state index in [4.69, 9.17) is 23.8 Å². The van der Waals surface area contributed by atoms with Crippen LogP contribution in [0.25, 0.3) is 0 Å². The first kappa shape index (κ1) is 22.6. The zero-order chi connectivity index (χ0) is 22.7. The molecule has 4 rings (SSSR count). The highest BCUT2D eigenvalue weighted by Crippen LogP contribution is 2.26. The van der Waals surface area contributed by atoms with Gasteiger partial charge >= 0.3 is 0 Å². The number of nitrogens with zero attached hydrogens (tertiary/aromatic N) is 2. The second-order valence-electron chi connectivity index (χ2n) is 7.44. The summed E-state index contributed by atoms with van der Waals surface area (Å²) in [5.74, 6) is -0.689. The summed E-state index contributed by atoms with van der Waals surface area (Å²) in [4.78, 5) is 31.3. The van der Waals surface area contributed by atoms with Gasteiger partial charge in [-0.25, -0.2) is 4.99 Å². The van der Waals surface area contributed by atoms with E-state index in [2.05, 4.69) is 26.2 Å². The van der Waals surface area contributed by atoms with Crippen molar-refractivity contribution in [3.8, 4) is 0 Å². The average Bonchev–Trinajstić information content (AvgIpc) is 2.79. The lowest BCUT2D eigenvalue weighted by Gasteiger charge is -2.30. The van der Waals surface area contributed by atoms with Crippen LogP contribution in [0, 0.1) is 5.92 Å². The fourth-order valence-electron chi connectivity index (χ4n) is 3.47. The second-order valence-corrected chi connectivity index (χ2v) is 9.15. The molecule has 2 aromatic rings. The van der Waals surface area contributed by atoms with E-state index in [0.717, 1.165) is 22.0 Å². The number of hydrogen-bond donors (Lipinski definition) is 1. The number of carbonyl (C=O) groups is 2. The zero-order valence-electron chi connectivity index (χ0n) is 16.9. The Balaban J connectivity index is 1.35. The molecule has 1 N–H and O–H groups in total. The number of carbonyl (C=O) groups excluding carboxylic acids is 2. The maximum absolute atomic E-state index is 12.9. The maximum Gasteiger partial charge on any atom is 0.251 e. The molecule has 0 spiro atoms. The Morgan fingerprint density at radius 1 is 1.09 bits per heavy atom. The van der Waals surface area contributed by atoms with Crippen molar-refractivity contribution in [2.75, 3.05) is 6.54 Å². The number of benzene rings is 2. The number of allylic oxidation sites excluding steroid dienone is 3. The van der Waals surface area contributed by atoms with E-state index in [-0.39, 0.29) is 16.9 Å². The van der Waals surface area contributed by atoms with Gasteiger partial charge in [0, 0.05) is 21.6 Å². The molecule has 2 aliphatic rings. The van der Waals surface area contributed by atoms with Crippen molar-refractivity contribution in [3.05, 3.63) is 93.0 Å². The van der Waals surface area contributed by atoms with E-state index in [0.29, 0.717) is 29.4 Å². The number of rotatable bonds is 6. The largest absolute Gasteiger partial charge is 0.352 e. The lowest BCUT2D eigenvalue weighted by molar-refractivity contribution is -0.128. The highest BCUT2D eigenvalue weighted by molar-refractivity contribution is 9.11. The van der Waals surface area contributed by atoms with Gasteiger partial charge in [-0.05, 0) is 66.2 Å². The van der Waals surface area contributed by atoms with Gasteiger partial charge in [-0.15, -0.1) is 0 Å². The Bertz CT molecular complexity index is 1160. The SMILES string of the molecule is O=C(NCCc1ccc(Cl)cc1)c1ccc(CN2C(=O)C3C=C(Br)C=CC3=NC2=S)cc1. The van der Waals surface area contributed by atoms with Gasteiger partial charge in [0.25, 0.3) is 5.91 Å². The highest BCUT2D eigenvalue weighted by atomic mass is 79.9. The van der Waals surface area contributed by atoms with Crippen molar-refractivity contribution in [2.45, 2.75) is 13.0 Å². The minimum atomic E-state index is -0.438. The summed E-state index contributed by atoms with van der Waals surface area (Å²) in [6.07, 6.45) is 6.20. The van der Waals surface area contributed by atoms with Gasteiger partial charge in [0.2, 0.25) is 11.0 Å². The smallest absolute Gasteiger partial charge is 0.251 e. The Kier molecular flexibility index (Phi) is 6.98. The van der Waals surface area contributed by atoms with Crippen molar-refractivity contribution in [2.24, 2.45) is 10.9 Å². The summed E-state index contributed by atoms with van der Waals surface area (Å²) in [5.41, 5.74) is 3.19. The molecule has 0 saturated carbocycles. The first-order valence-corrected chi connectivity index (χ1v) is 11.6. The standard InChI is InChI=1S/C24H19BrClN3O2S/c25-18-7-10-21-20(13-18)23(31)29(24(32)28-21)14-16-1-5-17(6-2-16)22(30)27-12-11-15-3-8-19(26)9-4-15/h1-10,13,20H,11-12,14H2,(H,27,30). The number of nitrogens with one attached hydrogen (secondary N) is 1. The molecule has 1 unspecified atom stereocenters. The van der Waals surface area contributed by atoms with Crippen LogP contribution in [-0.4, -0.2) is 34.1 Å². The third kappa shape index (κ3) is 5.23. The third-order valence-electron chi connectivity index (χ3n) is 5.21. The molecule has 0 fully saturated rings. The molecule has 2 aromatic carbocycles. The second kappa shape index (κ2) is 9.90. The topological polar surface area (TPSA) is 61.8 Å². The Morgan fingerprint density at radius 3 is 2.50 bits per heavy atom. The first-order chi connectivity index (χ1) is 15.4. The van der Waals surface area contributed by atoms with Crippen molar-refractivity contribution in [1.82, 2.24) is 10.2 Å². The van der Waals surface area contributed by atoms with Crippen molar-refractivity contribution in [3.63, 3.8) is 0 Å². The number of amides is 2. The van der Waals surface area contributed by atoms with E-state index >= 15 is 0 Å². The molecule has 1 heterocycles. The van der Waals surface area contributed by atoms with Crippen molar-refractivity contribution < 1.29 is 9.59 Å². The monoisotopic (exact) mass is 527 g/mol. The summed E-state index contributed by atoms with van der Waals surface area (Å²) >= 11 is 14.6. The molecule has 2 amide bonds. The van der Waals surface area contributed by atoms with Gasteiger partial charge in [0.05, 0.1) is 12.3 Å². The first-order valence-electron chi connectivity index (χ1n) is 10.0. The van der Waals surface area contributed by atoms with Crippen molar-refractivity contribution in [1.29, 1.82) is 0 Å². The van der Waals surface area contributed by atoms with Gasteiger partial charge in [-0.1, -0.05) is 57.9 Å². The van der Waals surface area contributed by atoms with E-state index in [1.54, 1.807) is 18.2 Å². The van der Waals surface area contributed by atoms with E-state index in [1.165, 1.54) is 4.90 Å². The number of aliphatic imine (C=N–C) groups is 1. The number of thiocarbonyl (C=S) groups is 1. The molecule has 32 heavy (non-hydrogen) atoms. The van der Waals surface area contributed by atoms with Crippen molar-refractivity contribution >= 4 is 62.4 Å². The molecule has 0 aromatic heterocycles. The van der Waals surface area contributed by atoms with Gasteiger partial charge in [0.1, 0.15) is 5.92 Å². The van der Waals surface area contributed by atoms with Crippen LogP contribution in [0.3, 0.4) is 0 Å². The minimum Gasteiger partial charge on any atom is -0.352 e. The molecule has 8 heteroatoms. The van der Waals surface area contributed by atoms with Gasteiger partial charge in [0.15, 0.2) is 0 Å². The van der Waals surface area contributed by atoms with Crippen LogP contribution in [0.15, 0.2) is 76.2 Å². The maximum atomic E-state index is 12.9. The van der Waals surface area contributed by atoms with E-state index in [1.807, 2.05) is 48.6 Å². The number of halogens is 2. The Hall–Kier alpha value is -2.61. The van der Waals surface area contributed by atoms with Gasteiger partial charge < -0.3 is 5.32 Å². The average molecular weight is 529 g/mol. The third-order valence-corrected chi connectivity index (χ3v) is 6.31. The van der Waals surface area contributed by atoms with Crippen LogP contribution in [0.5, 0.6) is 0 Å². The molecule has 162 valence electrons. The molecule has 0 radical (unpaired) electrons. The fourth-order valence-corrected chi connectivity index (χ4v) is 4.25. The molecule has 0 saturated heterocycles. The Labute approximate surface area is 205 Å². The van der Waals surface area contributed by atoms with Crippen LogP contribution < -0.4 is 5.32 Å². The zero-order valence-corrected chi connectivity index (χ0v) is 20.1. The van der Waals surface area contributed by atoms with Gasteiger partial charge in [-0.3, -0.25) is 14.5 Å². The normalized spacial score (nSPS) is 17.6. The van der Waals surface area contributed by atoms with Gasteiger partial charge in [-0.2, -0.15) is 0 Å². The number of fused-ring (bicyclic) bond motifs is 1. The van der Waals surface area contributed by atoms with E-state index < -0.39 is 5.92 Å². The molecule has 1 atom stereocenters. The van der Waals surface area contributed by atoms with Crippen LogP contribution in [0.2, 0.25) is 5.02 Å². The molecular weight excluding hydrogens is 510 g/mol. The summed E-state index contributed by atoms with van der Waals surface area (Å²) in [6, 6.07) is 14.7. The molecule has 1 aliphatic carbocycles. The van der Waals surface area contributed by atoms with Crippen LogP contribution in [-0.2, 0) is 17.8 Å². The highest BCUT2D eigenvalue weighted by Gasteiger charge is 2.34. The quantitative estimate of drug-likeness (QED) is 0.546. The predicted octanol–water partition coefficient (Wildman–Crippen LogP) is 4.85. The summed E-state index contributed by atoms with van der Waals surface area (Å²) < 4.78 is 0.842. The molecule has 5 nitrogen and oxygen atoms in total. The van der Waals surface area contributed by atoms with Crippen LogP contribution >= 0.6 is 39.7 Å². The predicted molar refractivity (Wildman–Crippen MR) is 134 cm³/mol. The molecular formula is C24H19BrClN3O2S. The summed E-state index contributed by atoms with van der Waals surface area (Å²) in [6.45, 7) is 0.830.